The van der Waals surface area contributed by atoms with Crippen molar-refractivity contribution in [2.24, 2.45) is 0 Å². The molecule has 2 aromatic heterocycles. The molecule has 0 N–H and O–H groups in total. The third-order valence-corrected chi connectivity index (χ3v) is 2.46. The lowest BCUT2D eigenvalue weighted by molar-refractivity contribution is 1.15. The average molecular weight is 212 g/mol. The van der Waals surface area contributed by atoms with Gasteiger partial charge in [-0.25, -0.2) is 15.0 Å². The molecule has 0 bridgehead atoms. The van der Waals surface area contributed by atoms with Crippen molar-refractivity contribution in [1.82, 2.24) is 15.0 Å². The molecule has 13 heavy (non-hydrogen) atoms. The lowest BCUT2D eigenvalue weighted by Crippen LogP contribution is -1.86. The summed E-state index contributed by atoms with van der Waals surface area (Å²) in [6.07, 6.45) is 1.62. The van der Waals surface area contributed by atoms with Gasteiger partial charge in [0.25, 0.3) is 0 Å². The van der Waals surface area contributed by atoms with Crippen LogP contribution in [0.2, 0.25) is 5.28 Å². The van der Waals surface area contributed by atoms with Crippen LogP contribution in [0, 0.1) is 6.92 Å². The molecular weight excluding hydrogens is 206 g/mol. The van der Waals surface area contributed by atoms with Gasteiger partial charge >= 0.3 is 0 Å². The summed E-state index contributed by atoms with van der Waals surface area (Å²) in [6.45, 7) is 1.96. The molecule has 0 saturated carbocycles. The highest BCUT2D eigenvalue weighted by atomic mass is 35.5. The maximum atomic E-state index is 5.65. The van der Waals surface area contributed by atoms with Crippen LogP contribution in [0.15, 0.2) is 17.6 Å². The Kier molecular flexibility index (Phi) is 2.24. The lowest BCUT2D eigenvalue weighted by atomic mass is 10.3. The van der Waals surface area contributed by atoms with Crippen LogP contribution in [0.4, 0.5) is 0 Å². The van der Waals surface area contributed by atoms with Gasteiger partial charge in [0.2, 0.25) is 5.28 Å². The number of aromatic nitrogens is 3. The quantitative estimate of drug-likeness (QED) is 0.681. The van der Waals surface area contributed by atoms with Gasteiger partial charge < -0.3 is 0 Å². The third-order valence-electron chi connectivity index (χ3n) is 1.51. The van der Waals surface area contributed by atoms with E-state index in [1.807, 2.05) is 12.3 Å². The molecule has 0 atom stereocenters. The molecule has 5 heteroatoms. The zero-order valence-electron chi connectivity index (χ0n) is 6.86. The van der Waals surface area contributed by atoms with Crippen molar-refractivity contribution in [3.63, 3.8) is 0 Å². The number of hydrogen-bond acceptors (Lipinski definition) is 4. The monoisotopic (exact) mass is 211 g/mol. The molecule has 0 fully saturated rings. The van der Waals surface area contributed by atoms with E-state index in [2.05, 4.69) is 15.0 Å². The van der Waals surface area contributed by atoms with Crippen LogP contribution in [0.1, 0.15) is 5.01 Å². The Labute approximate surface area is 84.5 Å². The Morgan fingerprint density at radius 3 is 2.77 bits per heavy atom. The molecule has 0 aliphatic heterocycles. The zero-order chi connectivity index (χ0) is 9.26. The van der Waals surface area contributed by atoms with E-state index in [4.69, 9.17) is 11.6 Å². The Bertz CT molecular complexity index is 427. The molecule has 0 unspecified atom stereocenters. The van der Waals surface area contributed by atoms with E-state index in [1.54, 1.807) is 23.6 Å². The minimum absolute atomic E-state index is 0.253. The molecule has 0 aromatic carbocycles. The maximum absolute atomic E-state index is 5.65. The van der Waals surface area contributed by atoms with Gasteiger partial charge in [-0.1, -0.05) is 0 Å². The Balaban J connectivity index is 2.46. The molecule has 2 rings (SSSR count). The first-order valence-corrected chi connectivity index (χ1v) is 4.92. The van der Waals surface area contributed by atoms with E-state index in [0.29, 0.717) is 0 Å². The van der Waals surface area contributed by atoms with Gasteiger partial charge in [0.15, 0.2) is 0 Å². The van der Waals surface area contributed by atoms with E-state index in [0.717, 1.165) is 16.4 Å². The minimum Gasteiger partial charge on any atom is -0.240 e. The predicted octanol–water partition coefficient (Wildman–Crippen LogP) is 2.56. The number of halogens is 1. The number of nitrogens with zero attached hydrogens (tertiary/aromatic N) is 3. The summed E-state index contributed by atoms with van der Waals surface area (Å²) in [5.74, 6) is 0. The highest BCUT2D eigenvalue weighted by Crippen LogP contribution is 2.19. The Morgan fingerprint density at radius 2 is 2.15 bits per heavy atom. The molecule has 0 aliphatic rings. The summed E-state index contributed by atoms with van der Waals surface area (Å²) in [5, 5.41) is 3.22. The number of hydrogen-bond donors (Lipinski definition) is 0. The summed E-state index contributed by atoms with van der Waals surface area (Å²) < 4.78 is 0. The van der Waals surface area contributed by atoms with Crippen molar-refractivity contribution in [2.45, 2.75) is 6.92 Å². The second-order valence-corrected chi connectivity index (χ2v) is 3.86. The number of rotatable bonds is 1. The molecule has 0 saturated heterocycles. The summed E-state index contributed by atoms with van der Waals surface area (Å²) in [5.41, 5.74) is 1.62. The van der Waals surface area contributed by atoms with Crippen LogP contribution >= 0.6 is 22.9 Å². The molecule has 0 spiro atoms. The molecule has 3 nitrogen and oxygen atoms in total. The Morgan fingerprint density at radius 1 is 1.31 bits per heavy atom. The van der Waals surface area contributed by atoms with Crippen LogP contribution in [0.25, 0.3) is 11.4 Å². The first-order chi connectivity index (χ1) is 6.25. The fourth-order valence-corrected chi connectivity index (χ4v) is 1.71. The molecular formula is C8H6ClN3S. The van der Waals surface area contributed by atoms with Gasteiger partial charge in [0.05, 0.1) is 16.4 Å². The number of aryl methyl sites for hydroxylation is 1. The highest BCUT2D eigenvalue weighted by molar-refractivity contribution is 7.09. The molecule has 2 aromatic rings. The van der Waals surface area contributed by atoms with E-state index in [-0.39, 0.29) is 5.28 Å². The van der Waals surface area contributed by atoms with Gasteiger partial charge in [-0.2, -0.15) is 0 Å². The first kappa shape index (κ1) is 8.59. The topological polar surface area (TPSA) is 38.7 Å². The van der Waals surface area contributed by atoms with Crippen LogP contribution < -0.4 is 0 Å². The summed E-state index contributed by atoms with van der Waals surface area (Å²) >= 11 is 7.25. The summed E-state index contributed by atoms with van der Waals surface area (Å²) in [6, 6.07) is 1.79. The van der Waals surface area contributed by atoms with Crippen molar-refractivity contribution in [2.75, 3.05) is 0 Å². The van der Waals surface area contributed by atoms with Crippen molar-refractivity contribution in [1.29, 1.82) is 0 Å². The average Bonchev–Trinajstić information content (AvgIpc) is 2.52. The fourth-order valence-electron chi connectivity index (χ4n) is 0.959. The highest BCUT2D eigenvalue weighted by Gasteiger charge is 2.03. The van der Waals surface area contributed by atoms with E-state index in [1.165, 1.54) is 0 Å². The minimum atomic E-state index is 0.253. The maximum Gasteiger partial charge on any atom is 0.222 e. The van der Waals surface area contributed by atoms with Crippen LogP contribution in [0.5, 0.6) is 0 Å². The van der Waals surface area contributed by atoms with Crippen LogP contribution in [-0.2, 0) is 0 Å². The van der Waals surface area contributed by atoms with E-state index >= 15 is 0 Å². The molecule has 0 aliphatic carbocycles. The van der Waals surface area contributed by atoms with Crippen molar-refractivity contribution >= 4 is 22.9 Å². The van der Waals surface area contributed by atoms with Crippen LogP contribution in [-0.4, -0.2) is 15.0 Å². The van der Waals surface area contributed by atoms with Crippen molar-refractivity contribution in [3.05, 3.63) is 27.9 Å². The number of thiazole rings is 1. The van der Waals surface area contributed by atoms with E-state index < -0.39 is 0 Å². The zero-order valence-corrected chi connectivity index (χ0v) is 8.43. The van der Waals surface area contributed by atoms with Crippen molar-refractivity contribution < 1.29 is 0 Å². The molecule has 2 heterocycles. The molecule has 0 amide bonds. The largest absolute Gasteiger partial charge is 0.240 e. The smallest absolute Gasteiger partial charge is 0.222 e. The molecule has 0 radical (unpaired) electrons. The third kappa shape index (κ3) is 1.84. The normalized spacial score (nSPS) is 10.3. The van der Waals surface area contributed by atoms with Gasteiger partial charge in [0.1, 0.15) is 0 Å². The molecule has 66 valence electrons. The lowest BCUT2D eigenvalue weighted by Gasteiger charge is -1.94. The standard InChI is InChI=1S/C8H6ClN3S/c1-5-11-7(4-13-5)6-2-3-10-8(9)12-6/h2-4H,1H3. The SMILES string of the molecule is Cc1nc(-c2ccnc(Cl)n2)cs1. The fraction of sp³-hybridized carbons (Fsp3) is 0.125. The summed E-state index contributed by atoms with van der Waals surface area (Å²) in [4.78, 5) is 12.1. The van der Waals surface area contributed by atoms with Gasteiger partial charge in [-0.15, -0.1) is 11.3 Å². The van der Waals surface area contributed by atoms with Crippen molar-refractivity contribution in [3.8, 4) is 11.4 Å². The van der Waals surface area contributed by atoms with Gasteiger partial charge in [-0.05, 0) is 24.6 Å². The predicted molar refractivity (Wildman–Crippen MR) is 52.9 cm³/mol. The van der Waals surface area contributed by atoms with E-state index in [9.17, 15) is 0 Å². The van der Waals surface area contributed by atoms with Crippen LogP contribution in [0.3, 0.4) is 0 Å². The Hall–Kier alpha value is -1.00. The second-order valence-electron chi connectivity index (χ2n) is 2.46. The summed E-state index contributed by atoms with van der Waals surface area (Å²) in [7, 11) is 0. The first-order valence-electron chi connectivity index (χ1n) is 3.67. The second kappa shape index (κ2) is 3.40. The van der Waals surface area contributed by atoms with Gasteiger partial charge in [-0.3, -0.25) is 0 Å². The van der Waals surface area contributed by atoms with Gasteiger partial charge in [0, 0.05) is 11.6 Å².